The Morgan fingerprint density at radius 3 is 2.38 bits per heavy atom. The number of methoxy groups -OCH3 is 1. The van der Waals surface area contributed by atoms with Gasteiger partial charge in [-0.25, -0.2) is 8.42 Å². The average Bonchev–Trinajstić information content (AvgIpc) is 2.46. The lowest BCUT2D eigenvalue weighted by molar-refractivity contribution is -0.140. The molecule has 0 aliphatic carbocycles. The number of sulfonamides is 1. The lowest BCUT2D eigenvalue weighted by atomic mass is 10.2. The summed E-state index contributed by atoms with van der Waals surface area (Å²) in [6, 6.07) is 6.27. The predicted molar refractivity (Wildman–Crippen MR) is 84.4 cm³/mol. The largest absolute Gasteiger partial charge is 0.469 e. The minimum absolute atomic E-state index is 0.0383. The van der Waals surface area contributed by atoms with Crippen molar-refractivity contribution in [3.63, 3.8) is 0 Å². The fourth-order valence-corrected chi connectivity index (χ4v) is 3.80. The van der Waals surface area contributed by atoms with E-state index in [4.69, 9.17) is 0 Å². The minimum atomic E-state index is -3.63. The number of rotatable bonds is 7. The van der Waals surface area contributed by atoms with E-state index in [9.17, 15) is 13.2 Å². The summed E-state index contributed by atoms with van der Waals surface area (Å²) in [5.74, 6) is -0.422. The third kappa shape index (κ3) is 4.79. The summed E-state index contributed by atoms with van der Waals surface area (Å²) in [7, 11) is -2.34. The first-order valence-electron chi connectivity index (χ1n) is 6.67. The van der Waals surface area contributed by atoms with Crippen molar-refractivity contribution in [1.82, 2.24) is 4.31 Å². The molecule has 0 heterocycles. The lowest BCUT2D eigenvalue weighted by Crippen LogP contribution is -2.39. The van der Waals surface area contributed by atoms with Crippen LogP contribution in [-0.2, 0) is 19.6 Å². The summed E-state index contributed by atoms with van der Waals surface area (Å²) in [5.41, 5.74) is 0. The molecule has 7 heteroatoms. The quantitative estimate of drug-likeness (QED) is 0.685. The zero-order valence-corrected chi connectivity index (χ0v) is 14.8. The molecule has 1 aromatic carbocycles. The van der Waals surface area contributed by atoms with Gasteiger partial charge in [0.15, 0.2) is 0 Å². The summed E-state index contributed by atoms with van der Waals surface area (Å²) in [5, 5.41) is 0. The third-order valence-corrected chi connectivity index (χ3v) is 5.82. The molecule has 0 spiro atoms. The molecule has 1 rings (SSSR count). The van der Waals surface area contributed by atoms with Crippen LogP contribution in [0.4, 0.5) is 0 Å². The normalized spacial score (nSPS) is 13.2. The second-order valence-electron chi connectivity index (χ2n) is 4.65. The number of ether oxygens (including phenoxy) is 1. The summed E-state index contributed by atoms with van der Waals surface area (Å²) in [6.07, 6.45) is 0.702. The van der Waals surface area contributed by atoms with Gasteiger partial charge in [0.25, 0.3) is 0 Å². The molecule has 0 bridgehead atoms. The van der Waals surface area contributed by atoms with Crippen LogP contribution in [0.1, 0.15) is 26.7 Å². The Morgan fingerprint density at radius 2 is 1.90 bits per heavy atom. The molecular weight excluding hydrogens is 358 g/mol. The van der Waals surface area contributed by atoms with Crippen molar-refractivity contribution in [2.75, 3.05) is 13.7 Å². The van der Waals surface area contributed by atoms with E-state index in [0.29, 0.717) is 6.42 Å². The van der Waals surface area contributed by atoms with Gasteiger partial charge in [0.1, 0.15) is 0 Å². The monoisotopic (exact) mass is 377 g/mol. The molecule has 0 aromatic heterocycles. The molecule has 0 aliphatic rings. The first-order valence-corrected chi connectivity index (χ1v) is 8.90. The number of esters is 1. The second kappa shape index (κ2) is 7.91. The highest BCUT2D eigenvalue weighted by Crippen LogP contribution is 2.22. The van der Waals surface area contributed by atoms with Crippen LogP contribution < -0.4 is 0 Å². The maximum Gasteiger partial charge on any atom is 0.306 e. The maximum absolute atomic E-state index is 12.7. The van der Waals surface area contributed by atoms with Gasteiger partial charge in [0.05, 0.1) is 18.4 Å². The Labute approximate surface area is 134 Å². The first kappa shape index (κ1) is 18.1. The molecule has 0 fully saturated rings. The van der Waals surface area contributed by atoms with Gasteiger partial charge in [0.2, 0.25) is 10.0 Å². The molecule has 118 valence electrons. The zero-order chi connectivity index (χ0) is 16.0. The Hall–Kier alpha value is -0.920. The van der Waals surface area contributed by atoms with Gasteiger partial charge in [-0.05, 0) is 37.6 Å². The second-order valence-corrected chi connectivity index (χ2v) is 7.46. The number of halogens is 1. The van der Waals surface area contributed by atoms with Crippen LogP contribution in [0.5, 0.6) is 0 Å². The van der Waals surface area contributed by atoms with E-state index in [2.05, 4.69) is 20.7 Å². The molecule has 21 heavy (non-hydrogen) atoms. The highest BCUT2D eigenvalue weighted by molar-refractivity contribution is 9.10. The summed E-state index contributed by atoms with van der Waals surface area (Å²) >= 11 is 3.28. The third-order valence-electron chi connectivity index (χ3n) is 3.27. The predicted octanol–water partition coefficient (Wildman–Crippen LogP) is 2.80. The number of carbonyl (C=O) groups is 1. The van der Waals surface area contributed by atoms with Crippen molar-refractivity contribution in [1.29, 1.82) is 0 Å². The van der Waals surface area contributed by atoms with Crippen LogP contribution in [0.25, 0.3) is 0 Å². The van der Waals surface area contributed by atoms with E-state index >= 15 is 0 Å². The van der Waals surface area contributed by atoms with E-state index in [0.717, 1.165) is 4.47 Å². The minimum Gasteiger partial charge on any atom is -0.469 e. The van der Waals surface area contributed by atoms with E-state index < -0.39 is 16.0 Å². The van der Waals surface area contributed by atoms with E-state index in [1.165, 1.54) is 11.4 Å². The van der Waals surface area contributed by atoms with Crippen molar-refractivity contribution in [2.24, 2.45) is 0 Å². The Morgan fingerprint density at radius 1 is 1.33 bits per heavy atom. The Kier molecular flexibility index (Phi) is 6.83. The Balaban J connectivity index is 3.05. The van der Waals surface area contributed by atoms with Gasteiger partial charge in [-0.2, -0.15) is 4.31 Å². The molecule has 1 unspecified atom stereocenters. The topological polar surface area (TPSA) is 63.7 Å². The van der Waals surface area contributed by atoms with Gasteiger partial charge in [0, 0.05) is 17.1 Å². The molecule has 0 saturated heterocycles. The highest BCUT2D eigenvalue weighted by atomic mass is 79.9. The van der Waals surface area contributed by atoms with Gasteiger partial charge in [-0.15, -0.1) is 0 Å². The van der Waals surface area contributed by atoms with Crippen molar-refractivity contribution in [2.45, 2.75) is 37.6 Å². The molecule has 0 aliphatic heterocycles. The first-order chi connectivity index (χ1) is 9.82. The molecule has 0 saturated carbocycles. The van der Waals surface area contributed by atoms with Gasteiger partial charge in [-0.1, -0.05) is 22.9 Å². The maximum atomic E-state index is 12.7. The average molecular weight is 378 g/mol. The fourth-order valence-electron chi connectivity index (χ4n) is 1.83. The molecule has 0 radical (unpaired) electrons. The van der Waals surface area contributed by atoms with Crippen molar-refractivity contribution < 1.29 is 17.9 Å². The number of nitrogens with zero attached hydrogens (tertiary/aromatic N) is 1. The van der Waals surface area contributed by atoms with Crippen LogP contribution in [0.3, 0.4) is 0 Å². The smallest absolute Gasteiger partial charge is 0.306 e. The van der Waals surface area contributed by atoms with E-state index in [1.807, 2.05) is 13.8 Å². The van der Waals surface area contributed by atoms with Gasteiger partial charge >= 0.3 is 5.97 Å². The number of benzene rings is 1. The molecular formula is C14H20BrNO4S. The summed E-state index contributed by atoms with van der Waals surface area (Å²) in [4.78, 5) is 11.5. The molecule has 0 N–H and O–H groups in total. The molecule has 1 atom stereocenters. The van der Waals surface area contributed by atoms with Crippen molar-refractivity contribution in [3.05, 3.63) is 28.7 Å². The standard InChI is InChI=1S/C14H20BrNO4S/c1-4-11(2)16(10-9-14(17)20-3)21(18,19)13-7-5-12(15)6-8-13/h5-8,11H,4,9-10H2,1-3H3. The van der Waals surface area contributed by atoms with Crippen LogP contribution in [0.2, 0.25) is 0 Å². The van der Waals surface area contributed by atoms with Gasteiger partial charge in [-0.3, -0.25) is 4.79 Å². The van der Waals surface area contributed by atoms with Crippen molar-refractivity contribution in [3.8, 4) is 0 Å². The SMILES string of the molecule is CCC(C)N(CCC(=O)OC)S(=O)(=O)c1ccc(Br)cc1. The Bertz CT molecular complexity index is 571. The molecule has 0 amide bonds. The summed E-state index contributed by atoms with van der Waals surface area (Å²) in [6.45, 7) is 3.85. The van der Waals surface area contributed by atoms with Gasteiger partial charge < -0.3 is 4.74 Å². The highest BCUT2D eigenvalue weighted by Gasteiger charge is 2.28. The fraction of sp³-hybridized carbons (Fsp3) is 0.500. The van der Waals surface area contributed by atoms with Crippen molar-refractivity contribution >= 4 is 31.9 Å². The van der Waals surface area contributed by atoms with Crippen LogP contribution in [0.15, 0.2) is 33.6 Å². The van der Waals surface area contributed by atoms with Crippen LogP contribution >= 0.6 is 15.9 Å². The van der Waals surface area contributed by atoms with Crippen LogP contribution in [0, 0.1) is 0 Å². The number of carbonyl (C=O) groups excluding carboxylic acids is 1. The number of hydrogen-bond donors (Lipinski definition) is 0. The van der Waals surface area contributed by atoms with E-state index in [-0.39, 0.29) is 23.9 Å². The summed E-state index contributed by atoms with van der Waals surface area (Å²) < 4.78 is 32.2. The molecule has 1 aromatic rings. The van der Waals surface area contributed by atoms with Crippen LogP contribution in [-0.4, -0.2) is 38.4 Å². The molecule has 5 nitrogen and oxygen atoms in total. The number of hydrogen-bond acceptors (Lipinski definition) is 4. The van der Waals surface area contributed by atoms with E-state index in [1.54, 1.807) is 24.3 Å². The zero-order valence-electron chi connectivity index (χ0n) is 12.4. The lowest BCUT2D eigenvalue weighted by Gasteiger charge is -2.27.